The van der Waals surface area contributed by atoms with Gasteiger partial charge in [0.05, 0.1) is 5.69 Å². The third kappa shape index (κ3) is 2.82. The van der Waals surface area contributed by atoms with Crippen molar-refractivity contribution in [2.24, 2.45) is 0 Å². The first-order valence-corrected chi connectivity index (χ1v) is 9.58. The molecule has 26 heavy (non-hydrogen) atoms. The molecule has 134 valence electrons. The van der Waals surface area contributed by atoms with Gasteiger partial charge in [0.15, 0.2) is 5.58 Å². The predicted molar refractivity (Wildman–Crippen MR) is 99.6 cm³/mol. The number of nitrogens with one attached hydrogen (secondary N) is 2. The summed E-state index contributed by atoms with van der Waals surface area (Å²) in [6.07, 6.45) is 3.04. The van der Waals surface area contributed by atoms with E-state index < -0.39 is 10.0 Å². The highest BCUT2D eigenvalue weighted by Gasteiger charge is 2.22. The highest BCUT2D eigenvalue weighted by Crippen LogP contribution is 2.29. The van der Waals surface area contributed by atoms with E-state index in [4.69, 9.17) is 4.42 Å². The lowest BCUT2D eigenvalue weighted by molar-refractivity contribution is 0.411. The van der Waals surface area contributed by atoms with Crippen LogP contribution >= 0.6 is 0 Å². The van der Waals surface area contributed by atoms with Crippen LogP contribution in [0.2, 0.25) is 0 Å². The Morgan fingerprint density at radius 1 is 1.19 bits per heavy atom. The molecule has 0 unspecified atom stereocenters. The largest absolute Gasteiger partial charge is 0.440 e. The van der Waals surface area contributed by atoms with Gasteiger partial charge in [-0.05, 0) is 30.3 Å². The number of H-pyrrole nitrogens is 1. The molecule has 0 radical (unpaired) electrons. The first-order chi connectivity index (χ1) is 12.2. The number of anilines is 1. The number of benzene rings is 1. The molecule has 0 amide bonds. The molecule has 4 rings (SSSR count). The number of pyridine rings is 1. The summed E-state index contributed by atoms with van der Waals surface area (Å²) < 4.78 is 33.9. The van der Waals surface area contributed by atoms with Gasteiger partial charge >= 0.3 is 0 Å². The molecule has 0 aliphatic carbocycles. The van der Waals surface area contributed by atoms with Crippen LogP contribution in [0.3, 0.4) is 0 Å². The summed E-state index contributed by atoms with van der Waals surface area (Å²) in [7, 11) is -3.77. The van der Waals surface area contributed by atoms with Gasteiger partial charge in [-0.3, -0.25) is 4.72 Å². The lowest BCUT2D eigenvalue weighted by Gasteiger charge is -2.11. The maximum atomic E-state index is 12.8. The van der Waals surface area contributed by atoms with Crippen LogP contribution in [0.5, 0.6) is 0 Å². The average molecular weight is 370 g/mol. The van der Waals surface area contributed by atoms with E-state index in [2.05, 4.69) is 19.7 Å². The van der Waals surface area contributed by atoms with Gasteiger partial charge in [-0.15, -0.1) is 0 Å². The van der Waals surface area contributed by atoms with Crippen molar-refractivity contribution in [2.75, 3.05) is 4.72 Å². The normalized spacial score (nSPS) is 12.7. The molecule has 0 bridgehead atoms. The Bertz CT molecular complexity index is 1220. The summed E-state index contributed by atoms with van der Waals surface area (Å²) in [5, 5.41) is 0.539. The third-order valence-electron chi connectivity index (χ3n) is 3.98. The summed E-state index contributed by atoms with van der Waals surface area (Å²) in [5.41, 5.74) is 1.94. The molecular formula is C18H18N4O3S. The molecule has 3 heterocycles. The van der Waals surface area contributed by atoms with E-state index in [9.17, 15) is 8.42 Å². The molecule has 0 aliphatic heterocycles. The van der Waals surface area contributed by atoms with Crippen LogP contribution in [0.1, 0.15) is 26.7 Å². The SMILES string of the molecule is CC(C)(C)c1nc2cc(NS(=O)(=O)c3c[nH]c4ncccc34)ccc2o1. The fourth-order valence-corrected chi connectivity index (χ4v) is 3.89. The second kappa shape index (κ2) is 5.57. The van der Waals surface area contributed by atoms with Gasteiger partial charge < -0.3 is 9.40 Å². The third-order valence-corrected chi connectivity index (χ3v) is 5.41. The van der Waals surface area contributed by atoms with E-state index in [0.29, 0.717) is 33.7 Å². The first-order valence-electron chi connectivity index (χ1n) is 8.10. The van der Waals surface area contributed by atoms with E-state index in [1.165, 1.54) is 6.20 Å². The second-order valence-corrected chi connectivity index (χ2v) is 8.76. The lowest BCUT2D eigenvalue weighted by atomic mass is 9.97. The summed E-state index contributed by atoms with van der Waals surface area (Å²) in [4.78, 5) is 11.6. The van der Waals surface area contributed by atoms with Crippen LogP contribution in [0, 0.1) is 0 Å². The number of aromatic nitrogens is 3. The Labute approximate surface area is 150 Å². The zero-order chi connectivity index (χ0) is 18.5. The van der Waals surface area contributed by atoms with Crippen molar-refractivity contribution < 1.29 is 12.8 Å². The van der Waals surface area contributed by atoms with Crippen LogP contribution in [-0.4, -0.2) is 23.4 Å². The Hall–Kier alpha value is -2.87. The van der Waals surface area contributed by atoms with Crippen molar-refractivity contribution in [3.63, 3.8) is 0 Å². The maximum absolute atomic E-state index is 12.8. The molecule has 0 saturated carbocycles. The average Bonchev–Trinajstić information content (AvgIpc) is 3.18. The van der Waals surface area contributed by atoms with Crippen LogP contribution < -0.4 is 4.72 Å². The number of rotatable bonds is 3. The highest BCUT2D eigenvalue weighted by atomic mass is 32.2. The minimum Gasteiger partial charge on any atom is -0.440 e. The molecule has 0 spiro atoms. The van der Waals surface area contributed by atoms with Crippen molar-refractivity contribution in [3.05, 3.63) is 48.6 Å². The second-order valence-electron chi connectivity index (χ2n) is 7.11. The molecule has 4 aromatic rings. The highest BCUT2D eigenvalue weighted by molar-refractivity contribution is 7.93. The zero-order valence-corrected chi connectivity index (χ0v) is 15.4. The fraction of sp³-hybridized carbons (Fsp3) is 0.222. The molecule has 1 aromatic carbocycles. The summed E-state index contributed by atoms with van der Waals surface area (Å²) in [6, 6.07) is 8.45. The monoisotopic (exact) mass is 370 g/mol. The van der Waals surface area contributed by atoms with E-state index in [1.54, 1.807) is 36.5 Å². The number of hydrogen-bond donors (Lipinski definition) is 2. The molecular weight excluding hydrogens is 352 g/mol. The van der Waals surface area contributed by atoms with Crippen molar-refractivity contribution in [1.29, 1.82) is 0 Å². The van der Waals surface area contributed by atoms with Crippen molar-refractivity contribution in [2.45, 2.75) is 31.1 Å². The molecule has 0 atom stereocenters. The minimum atomic E-state index is -3.77. The fourth-order valence-electron chi connectivity index (χ4n) is 2.67. The number of nitrogens with zero attached hydrogens (tertiary/aromatic N) is 2. The molecule has 7 nitrogen and oxygen atoms in total. The van der Waals surface area contributed by atoms with Gasteiger partial charge in [0, 0.05) is 23.2 Å². The summed E-state index contributed by atoms with van der Waals surface area (Å²) >= 11 is 0. The van der Waals surface area contributed by atoms with Crippen LogP contribution in [0.15, 0.2) is 52.0 Å². The van der Waals surface area contributed by atoms with Crippen LogP contribution in [0.4, 0.5) is 5.69 Å². The molecule has 2 N–H and O–H groups in total. The number of aromatic amines is 1. The first kappa shape index (κ1) is 16.6. The van der Waals surface area contributed by atoms with Gasteiger partial charge in [-0.2, -0.15) is 0 Å². The number of hydrogen-bond acceptors (Lipinski definition) is 5. The van der Waals surface area contributed by atoms with Gasteiger partial charge in [-0.1, -0.05) is 20.8 Å². The number of oxazole rings is 1. The Kier molecular flexibility index (Phi) is 3.55. The van der Waals surface area contributed by atoms with Crippen molar-refractivity contribution in [1.82, 2.24) is 15.0 Å². The Morgan fingerprint density at radius 2 is 2.00 bits per heavy atom. The van der Waals surface area contributed by atoms with Gasteiger partial charge in [-0.25, -0.2) is 18.4 Å². The Balaban J connectivity index is 1.72. The molecule has 8 heteroatoms. The van der Waals surface area contributed by atoms with Crippen LogP contribution in [0.25, 0.3) is 22.1 Å². The summed E-state index contributed by atoms with van der Waals surface area (Å²) in [5.74, 6) is 0.607. The van der Waals surface area contributed by atoms with Gasteiger partial charge in [0.25, 0.3) is 10.0 Å². The molecule has 3 aromatic heterocycles. The Morgan fingerprint density at radius 3 is 2.77 bits per heavy atom. The maximum Gasteiger partial charge on any atom is 0.264 e. The molecule has 0 saturated heterocycles. The van der Waals surface area contributed by atoms with Crippen molar-refractivity contribution >= 4 is 37.8 Å². The minimum absolute atomic E-state index is 0.149. The van der Waals surface area contributed by atoms with E-state index in [-0.39, 0.29) is 10.3 Å². The molecule has 0 aliphatic rings. The summed E-state index contributed by atoms with van der Waals surface area (Å²) in [6.45, 7) is 6.02. The van der Waals surface area contributed by atoms with E-state index in [0.717, 1.165) is 0 Å². The quantitative estimate of drug-likeness (QED) is 0.571. The topological polar surface area (TPSA) is 101 Å². The van der Waals surface area contributed by atoms with E-state index >= 15 is 0 Å². The predicted octanol–water partition coefficient (Wildman–Crippen LogP) is 3.80. The van der Waals surface area contributed by atoms with Gasteiger partial charge in [0.2, 0.25) is 5.89 Å². The van der Waals surface area contributed by atoms with E-state index in [1.807, 2.05) is 20.8 Å². The van der Waals surface area contributed by atoms with Crippen molar-refractivity contribution in [3.8, 4) is 0 Å². The number of fused-ring (bicyclic) bond motifs is 2. The zero-order valence-electron chi connectivity index (χ0n) is 14.6. The lowest BCUT2D eigenvalue weighted by Crippen LogP contribution is -2.12. The number of sulfonamides is 1. The van der Waals surface area contributed by atoms with Gasteiger partial charge in [0.1, 0.15) is 16.1 Å². The molecule has 0 fully saturated rings. The smallest absolute Gasteiger partial charge is 0.264 e. The standard InChI is InChI=1S/C18H18N4O3S/c1-18(2,3)17-21-13-9-11(6-7-14(13)25-17)22-26(23,24)15-10-20-16-12(15)5-4-8-19-16/h4-10,22H,1-3H3,(H,19,20). The van der Waals surface area contributed by atoms with Crippen LogP contribution in [-0.2, 0) is 15.4 Å².